The Bertz CT molecular complexity index is 491. The molecule has 4 aliphatic rings. The highest BCUT2D eigenvalue weighted by Crippen LogP contribution is 2.59. The number of hydrogen-bond acceptors (Lipinski definition) is 3. The summed E-state index contributed by atoms with van der Waals surface area (Å²) < 4.78 is 6.70. The molecule has 28 heavy (non-hydrogen) atoms. The second-order valence-electron chi connectivity index (χ2n) is 11.4. The van der Waals surface area contributed by atoms with Crippen LogP contribution in [-0.2, 0) is 4.74 Å². The van der Waals surface area contributed by atoms with Gasteiger partial charge >= 0.3 is 0 Å². The van der Waals surface area contributed by atoms with Crippen LogP contribution in [0.4, 0.5) is 0 Å². The van der Waals surface area contributed by atoms with Crippen LogP contribution >= 0.6 is 0 Å². The van der Waals surface area contributed by atoms with E-state index in [1.54, 1.807) is 0 Å². The summed E-state index contributed by atoms with van der Waals surface area (Å²) >= 11 is 0. The standard InChI is InChI=1S/C25H45NO2/c1-19-16-20-14-15-25(17-19,18-20)24(2,3)28-23(27)26(21-10-6-4-7-11-21)22-12-8-5-9-13-22/h19-23,27H,4-18H2,1-3H3. The number of hydrogen-bond donors (Lipinski definition) is 1. The first-order valence-corrected chi connectivity index (χ1v) is 12.5. The molecular weight excluding hydrogens is 346 g/mol. The van der Waals surface area contributed by atoms with Gasteiger partial charge in [0.15, 0.2) is 0 Å². The molecule has 0 aliphatic heterocycles. The third-order valence-corrected chi connectivity index (χ3v) is 9.11. The van der Waals surface area contributed by atoms with E-state index in [1.807, 2.05) is 0 Å². The summed E-state index contributed by atoms with van der Waals surface area (Å²) in [5.74, 6) is 1.69. The highest BCUT2D eigenvalue weighted by Gasteiger charge is 2.55. The maximum absolute atomic E-state index is 11.5. The van der Waals surface area contributed by atoms with Crippen LogP contribution in [-0.4, -0.2) is 34.1 Å². The van der Waals surface area contributed by atoms with Gasteiger partial charge in [-0.1, -0.05) is 45.4 Å². The highest BCUT2D eigenvalue weighted by atomic mass is 16.6. The first-order chi connectivity index (χ1) is 13.4. The molecular formula is C25H45NO2. The molecule has 0 saturated heterocycles. The molecule has 0 spiro atoms. The molecule has 1 N–H and O–H groups in total. The zero-order valence-electron chi connectivity index (χ0n) is 18.8. The first-order valence-electron chi connectivity index (χ1n) is 12.5. The SMILES string of the molecule is CC1CC2CCC(C(C)(C)OC(O)N(C3CCCCC3)C3CCCCC3)(C1)C2. The minimum Gasteiger partial charge on any atom is -0.356 e. The smallest absolute Gasteiger partial charge is 0.217 e. The third kappa shape index (κ3) is 4.18. The van der Waals surface area contributed by atoms with E-state index in [4.69, 9.17) is 4.74 Å². The molecule has 0 amide bonds. The molecule has 0 aromatic carbocycles. The van der Waals surface area contributed by atoms with Crippen LogP contribution in [0.1, 0.15) is 117 Å². The fourth-order valence-electron chi connectivity index (χ4n) is 7.60. The topological polar surface area (TPSA) is 32.7 Å². The molecule has 2 bridgehead atoms. The van der Waals surface area contributed by atoms with Crippen LogP contribution in [0.2, 0.25) is 0 Å². The van der Waals surface area contributed by atoms with Crippen molar-refractivity contribution < 1.29 is 9.84 Å². The van der Waals surface area contributed by atoms with E-state index in [1.165, 1.54) is 96.3 Å². The normalized spacial score (nSPS) is 36.8. The Morgan fingerprint density at radius 2 is 1.46 bits per heavy atom. The number of nitrogens with zero attached hydrogens (tertiary/aromatic N) is 1. The Balaban J connectivity index is 1.50. The fraction of sp³-hybridized carbons (Fsp3) is 1.00. The van der Waals surface area contributed by atoms with Gasteiger partial charge in [-0.2, -0.15) is 0 Å². The predicted octanol–water partition coefficient (Wildman–Crippen LogP) is 6.24. The molecule has 4 fully saturated rings. The Morgan fingerprint density at radius 1 is 0.893 bits per heavy atom. The van der Waals surface area contributed by atoms with Gasteiger partial charge in [0.1, 0.15) is 0 Å². The van der Waals surface area contributed by atoms with Gasteiger partial charge in [-0.15, -0.1) is 0 Å². The maximum atomic E-state index is 11.5. The molecule has 4 atom stereocenters. The molecule has 0 radical (unpaired) electrons. The largest absolute Gasteiger partial charge is 0.356 e. The van der Waals surface area contributed by atoms with Gasteiger partial charge in [0.05, 0.1) is 5.60 Å². The van der Waals surface area contributed by atoms with Crippen molar-refractivity contribution in [1.29, 1.82) is 0 Å². The van der Waals surface area contributed by atoms with E-state index in [0.717, 1.165) is 11.8 Å². The monoisotopic (exact) mass is 391 g/mol. The molecule has 4 aliphatic carbocycles. The number of ether oxygens (including phenoxy) is 1. The van der Waals surface area contributed by atoms with Crippen LogP contribution < -0.4 is 0 Å². The Morgan fingerprint density at radius 3 is 2.04 bits per heavy atom. The van der Waals surface area contributed by atoms with E-state index in [0.29, 0.717) is 12.1 Å². The average Bonchev–Trinajstić information content (AvgIpc) is 3.00. The molecule has 3 nitrogen and oxygen atoms in total. The van der Waals surface area contributed by atoms with Gasteiger partial charge in [0, 0.05) is 12.1 Å². The van der Waals surface area contributed by atoms with Crippen molar-refractivity contribution in [2.45, 2.75) is 141 Å². The lowest BCUT2D eigenvalue weighted by Gasteiger charge is -2.51. The van der Waals surface area contributed by atoms with Crippen LogP contribution in [0.5, 0.6) is 0 Å². The molecule has 162 valence electrons. The van der Waals surface area contributed by atoms with Crippen molar-refractivity contribution >= 4 is 0 Å². The lowest BCUT2D eigenvalue weighted by molar-refractivity contribution is -0.293. The number of aliphatic hydroxyl groups is 1. The van der Waals surface area contributed by atoms with E-state index in [2.05, 4.69) is 25.7 Å². The van der Waals surface area contributed by atoms with Crippen molar-refractivity contribution in [2.75, 3.05) is 0 Å². The quantitative estimate of drug-likeness (QED) is 0.544. The van der Waals surface area contributed by atoms with E-state index >= 15 is 0 Å². The van der Waals surface area contributed by atoms with Crippen molar-refractivity contribution in [3.05, 3.63) is 0 Å². The zero-order valence-corrected chi connectivity index (χ0v) is 18.8. The summed E-state index contributed by atoms with van der Waals surface area (Å²) in [4.78, 5) is 2.44. The van der Waals surface area contributed by atoms with Crippen LogP contribution in [0.15, 0.2) is 0 Å². The lowest BCUT2D eigenvalue weighted by atomic mass is 9.63. The van der Waals surface area contributed by atoms with Crippen molar-refractivity contribution in [3.8, 4) is 0 Å². The Labute approximate surface area is 173 Å². The second kappa shape index (κ2) is 8.55. The van der Waals surface area contributed by atoms with Crippen molar-refractivity contribution in [2.24, 2.45) is 17.3 Å². The van der Waals surface area contributed by atoms with Gasteiger partial charge < -0.3 is 9.84 Å². The molecule has 0 aromatic rings. The van der Waals surface area contributed by atoms with Crippen molar-refractivity contribution in [3.63, 3.8) is 0 Å². The minimum atomic E-state index is -0.730. The molecule has 4 saturated carbocycles. The molecule has 4 unspecified atom stereocenters. The Kier molecular flexibility index (Phi) is 6.45. The van der Waals surface area contributed by atoms with Gasteiger partial charge in [0.2, 0.25) is 6.41 Å². The van der Waals surface area contributed by atoms with Gasteiger partial charge in [-0.05, 0) is 88.9 Å². The number of rotatable bonds is 6. The summed E-state index contributed by atoms with van der Waals surface area (Å²) in [6.45, 7) is 7.00. The zero-order chi connectivity index (χ0) is 19.8. The van der Waals surface area contributed by atoms with Crippen LogP contribution in [0.3, 0.4) is 0 Å². The maximum Gasteiger partial charge on any atom is 0.217 e. The molecule has 4 rings (SSSR count). The number of fused-ring (bicyclic) bond motifs is 2. The summed E-state index contributed by atoms with van der Waals surface area (Å²) in [5, 5.41) is 11.5. The molecule has 3 heteroatoms. The summed E-state index contributed by atoms with van der Waals surface area (Å²) in [6, 6.07) is 1.03. The Hall–Kier alpha value is -0.120. The summed E-state index contributed by atoms with van der Waals surface area (Å²) in [5.41, 5.74) is 0.0124. The number of aliphatic hydroxyl groups excluding tert-OH is 1. The van der Waals surface area contributed by atoms with E-state index < -0.39 is 6.41 Å². The van der Waals surface area contributed by atoms with Crippen LogP contribution in [0, 0.1) is 17.3 Å². The summed E-state index contributed by atoms with van der Waals surface area (Å²) in [6.07, 6.45) is 18.8. The average molecular weight is 392 g/mol. The van der Waals surface area contributed by atoms with Gasteiger partial charge in [-0.3, -0.25) is 0 Å². The van der Waals surface area contributed by atoms with Gasteiger partial charge in [0.25, 0.3) is 0 Å². The lowest BCUT2D eigenvalue weighted by Crippen LogP contribution is -2.57. The van der Waals surface area contributed by atoms with Crippen LogP contribution in [0.25, 0.3) is 0 Å². The second-order valence-corrected chi connectivity index (χ2v) is 11.4. The van der Waals surface area contributed by atoms with Gasteiger partial charge in [-0.25, -0.2) is 4.90 Å². The predicted molar refractivity (Wildman–Crippen MR) is 115 cm³/mol. The summed E-state index contributed by atoms with van der Waals surface area (Å²) in [7, 11) is 0. The molecule has 0 heterocycles. The molecule has 0 aromatic heterocycles. The fourth-order valence-corrected chi connectivity index (χ4v) is 7.60. The minimum absolute atomic E-state index is 0.253. The van der Waals surface area contributed by atoms with Crippen molar-refractivity contribution in [1.82, 2.24) is 4.90 Å². The van der Waals surface area contributed by atoms with E-state index in [9.17, 15) is 5.11 Å². The van der Waals surface area contributed by atoms with E-state index in [-0.39, 0.29) is 11.0 Å². The third-order valence-electron chi connectivity index (χ3n) is 9.11. The highest BCUT2D eigenvalue weighted by molar-refractivity contribution is 5.04. The first kappa shape index (κ1) is 21.1.